The molecule has 0 saturated carbocycles. The molecule has 5 rings (SSSR count). The molecular formula is C23H24N2O4. The smallest absolute Gasteiger partial charge is 0.265 e. The molecular weight excluding hydrogens is 368 g/mol. The van der Waals surface area contributed by atoms with Gasteiger partial charge in [0.2, 0.25) is 0 Å². The lowest BCUT2D eigenvalue weighted by Gasteiger charge is -2.37. The van der Waals surface area contributed by atoms with E-state index in [-0.39, 0.29) is 18.4 Å². The van der Waals surface area contributed by atoms with Crippen LogP contribution in [0.25, 0.3) is 0 Å². The predicted octanol–water partition coefficient (Wildman–Crippen LogP) is 2.44. The van der Waals surface area contributed by atoms with Crippen molar-refractivity contribution in [3.8, 4) is 5.75 Å². The molecule has 1 saturated heterocycles. The number of fused-ring (bicyclic) bond motifs is 2. The van der Waals surface area contributed by atoms with Crippen LogP contribution < -0.4 is 9.64 Å². The van der Waals surface area contributed by atoms with E-state index >= 15 is 0 Å². The summed E-state index contributed by atoms with van der Waals surface area (Å²) in [5, 5.41) is 0. The van der Waals surface area contributed by atoms with Gasteiger partial charge in [0.05, 0.1) is 25.4 Å². The van der Waals surface area contributed by atoms with Crippen LogP contribution in [-0.4, -0.2) is 55.7 Å². The first-order chi connectivity index (χ1) is 14.2. The van der Waals surface area contributed by atoms with Crippen molar-refractivity contribution in [2.45, 2.75) is 25.4 Å². The van der Waals surface area contributed by atoms with Crippen LogP contribution in [0.5, 0.6) is 5.75 Å². The van der Waals surface area contributed by atoms with E-state index < -0.39 is 6.10 Å². The summed E-state index contributed by atoms with van der Waals surface area (Å²) in [7, 11) is 0. The first-order valence-corrected chi connectivity index (χ1v) is 10.3. The van der Waals surface area contributed by atoms with Gasteiger partial charge in [-0.25, -0.2) is 0 Å². The van der Waals surface area contributed by atoms with Gasteiger partial charge in [0.25, 0.3) is 11.8 Å². The molecule has 1 aliphatic carbocycles. The monoisotopic (exact) mass is 392 g/mol. The minimum Gasteiger partial charge on any atom is -0.476 e. The van der Waals surface area contributed by atoms with Gasteiger partial charge in [0, 0.05) is 18.7 Å². The summed E-state index contributed by atoms with van der Waals surface area (Å²) >= 11 is 0. The van der Waals surface area contributed by atoms with Crippen molar-refractivity contribution >= 4 is 17.5 Å². The number of para-hydroxylation sites is 2. The van der Waals surface area contributed by atoms with Crippen LogP contribution in [0.4, 0.5) is 5.69 Å². The Morgan fingerprint density at radius 3 is 2.62 bits per heavy atom. The fourth-order valence-electron chi connectivity index (χ4n) is 4.40. The number of ether oxygens (including phenoxy) is 2. The summed E-state index contributed by atoms with van der Waals surface area (Å²) in [4.78, 5) is 29.9. The van der Waals surface area contributed by atoms with Crippen LogP contribution in [0.1, 0.15) is 27.9 Å². The van der Waals surface area contributed by atoms with Crippen molar-refractivity contribution in [2.75, 3.05) is 37.7 Å². The third-order valence-corrected chi connectivity index (χ3v) is 5.96. The average Bonchev–Trinajstić information content (AvgIpc) is 3.26. The van der Waals surface area contributed by atoms with Gasteiger partial charge in [-0.1, -0.05) is 18.2 Å². The van der Waals surface area contributed by atoms with E-state index in [9.17, 15) is 9.59 Å². The number of amides is 2. The molecule has 0 N–H and O–H groups in total. The molecule has 1 atom stereocenters. The van der Waals surface area contributed by atoms with Gasteiger partial charge >= 0.3 is 0 Å². The van der Waals surface area contributed by atoms with Gasteiger partial charge in [-0.2, -0.15) is 0 Å². The number of carbonyl (C=O) groups is 2. The standard InChI is InChI=1S/C23H24N2O4/c26-22(18-9-8-16-4-3-5-17(16)14-18)25-15-21(23(27)24-10-12-28-13-11-24)29-20-7-2-1-6-19(20)25/h1-2,6-9,14,21H,3-5,10-13,15H2. The van der Waals surface area contributed by atoms with Gasteiger partial charge in [0.1, 0.15) is 5.75 Å². The molecule has 2 amide bonds. The second-order valence-electron chi connectivity index (χ2n) is 7.76. The SMILES string of the molecule is O=C(C1CN(C(=O)c2ccc3c(c2)CCC3)c2ccccc2O1)N1CCOCC1. The Morgan fingerprint density at radius 1 is 0.966 bits per heavy atom. The second-order valence-corrected chi connectivity index (χ2v) is 7.76. The number of hydrogen-bond acceptors (Lipinski definition) is 4. The first-order valence-electron chi connectivity index (χ1n) is 10.3. The Labute approximate surface area is 170 Å². The summed E-state index contributed by atoms with van der Waals surface area (Å²) in [6, 6.07) is 13.4. The average molecular weight is 392 g/mol. The quantitative estimate of drug-likeness (QED) is 0.788. The highest BCUT2D eigenvalue weighted by atomic mass is 16.5. The number of nitrogens with zero attached hydrogens (tertiary/aromatic N) is 2. The normalized spacial score (nSPS) is 20.6. The van der Waals surface area contributed by atoms with E-state index in [0.717, 1.165) is 19.3 Å². The molecule has 3 aliphatic rings. The van der Waals surface area contributed by atoms with Crippen molar-refractivity contribution in [3.05, 3.63) is 59.2 Å². The maximum absolute atomic E-state index is 13.4. The lowest BCUT2D eigenvalue weighted by Crippen LogP contribution is -2.54. The number of hydrogen-bond donors (Lipinski definition) is 0. The summed E-state index contributed by atoms with van der Waals surface area (Å²) < 4.78 is 11.4. The largest absolute Gasteiger partial charge is 0.476 e. The van der Waals surface area contributed by atoms with Gasteiger partial charge in [-0.15, -0.1) is 0 Å². The Bertz CT molecular complexity index is 952. The minimum absolute atomic E-state index is 0.0878. The molecule has 6 heteroatoms. The van der Waals surface area contributed by atoms with Crippen molar-refractivity contribution in [2.24, 2.45) is 0 Å². The molecule has 0 radical (unpaired) electrons. The minimum atomic E-state index is -0.707. The molecule has 29 heavy (non-hydrogen) atoms. The lowest BCUT2D eigenvalue weighted by molar-refractivity contribution is -0.142. The van der Waals surface area contributed by atoms with Crippen LogP contribution in [0.15, 0.2) is 42.5 Å². The fraction of sp³-hybridized carbons (Fsp3) is 0.391. The van der Waals surface area contributed by atoms with E-state index in [0.29, 0.717) is 43.3 Å². The van der Waals surface area contributed by atoms with E-state index in [1.54, 1.807) is 9.80 Å². The summed E-state index contributed by atoms with van der Waals surface area (Å²) in [5.74, 6) is 0.393. The lowest BCUT2D eigenvalue weighted by atomic mass is 10.0. The highest BCUT2D eigenvalue weighted by Crippen LogP contribution is 2.35. The molecule has 2 aromatic rings. The number of rotatable bonds is 2. The summed E-state index contributed by atoms with van der Waals surface area (Å²) in [5.41, 5.74) is 3.98. The molecule has 150 valence electrons. The van der Waals surface area contributed by atoms with E-state index in [1.165, 1.54) is 11.1 Å². The number of aryl methyl sites for hydroxylation is 2. The molecule has 1 fully saturated rings. The zero-order valence-electron chi connectivity index (χ0n) is 16.3. The summed E-state index contributed by atoms with van der Waals surface area (Å²) in [6.45, 7) is 2.39. The van der Waals surface area contributed by atoms with Crippen molar-refractivity contribution in [1.82, 2.24) is 4.90 Å². The fourth-order valence-corrected chi connectivity index (χ4v) is 4.40. The van der Waals surface area contributed by atoms with Crippen LogP contribution in [0, 0.1) is 0 Å². The Morgan fingerprint density at radius 2 is 1.76 bits per heavy atom. The van der Waals surface area contributed by atoms with Gasteiger partial charge in [0.15, 0.2) is 6.10 Å². The van der Waals surface area contributed by atoms with E-state index in [2.05, 4.69) is 6.07 Å². The second kappa shape index (κ2) is 7.52. The van der Waals surface area contributed by atoms with Crippen LogP contribution in [-0.2, 0) is 22.4 Å². The van der Waals surface area contributed by atoms with Crippen molar-refractivity contribution < 1.29 is 19.1 Å². The highest BCUT2D eigenvalue weighted by Gasteiger charge is 2.36. The van der Waals surface area contributed by atoms with Gasteiger partial charge in [-0.05, 0) is 54.7 Å². The Hall–Kier alpha value is -2.86. The van der Waals surface area contributed by atoms with E-state index in [4.69, 9.17) is 9.47 Å². The maximum atomic E-state index is 13.4. The molecule has 0 spiro atoms. The van der Waals surface area contributed by atoms with E-state index in [1.807, 2.05) is 36.4 Å². The number of carbonyl (C=O) groups excluding carboxylic acids is 2. The van der Waals surface area contributed by atoms with Crippen molar-refractivity contribution in [1.29, 1.82) is 0 Å². The third-order valence-electron chi connectivity index (χ3n) is 5.96. The van der Waals surface area contributed by atoms with Crippen LogP contribution in [0.3, 0.4) is 0 Å². The molecule has 0 aromatic heterocycles. The molecule has 2 heterocycles. The molecule has 1 unspecified atom stereocenters. The Kier molecular flexibility index (Phi) is 4.72. The zero-order valence-corrected chi connectivity index (χ0v) is 16.3. The number of morpholine rings is 1. The molecule has 2 aliphatic heterocycles. The van der Waals surface area contributed by atoms with Crippen molar-refractivity contribution in [3.63, 3.8) is 0 Å². The molecule has 6 nitrogen and oxygen atoms in total. The topological polar surface area (TPSA) is 59.1 Å². The summed E-state index contributed by atoms with van der Waals surface area (Å²) in [6.07, 6.45) is 2.54. The Balaban J connectivity index is 1.44. The predicted molar refractivity (Wildman–Crippen MR) is 108 cm³/mol. The van der Waals surface area contributed by atoms with Crippen LogP contribution >= 0.6 is 0 Å². The number of benzene rings is 2. The number of anilines is 1. The van der Waals surface area contributed by atoms with Crippen LogP contribution in [0.2, 0.25) is 0 Å². The maximum Gasteiger partial charge on any atom is 0.265 e. The first kappa shape index (κ1) is 18.2. The zero-order chi connectivity index (χ0) is 19.8. The highest BCUT2D eigenvalue weighted by molar-refractivity contribution is 6.08. The van der Waals surface area contributed by atoms with Gasteiger partial charge in [-0.3, -0.25) is 9.59 Å². The molecule has 0 bridgehead atoms. The molecule has 2 aromatic carbocycles. The van der Waals surface area contributed by atoms with Gasteiger partial charge < -0.3 is 19.3 Å². The third kappa shape index (κ3) is 3.38.